The van der Waals surface area contributed by atoms with Crippen molar-refractivity contribution < 1.29 is 9.13 Å². The first kappa shape index (κ1) is 14.1. The van der Waals surface area contributed by atoms with Gasteiger partial charge in [-0.2, -0.15) is 12.6 Å². The van der Waals surface area contributed by atoms with Crippen LogP contribution in [0, 0.1) is 5.82 Å². The highest BCUT2D eigenvalue weighted by Gasteiger charge is 2.07. The van der Waals surface area contributed by atoms with Crippen LogP contribution >= 0.6 is 40.2 Å². The van der Waals surface area contributed by atoms with Gasteiger partial charge in [0.2, 0.25) is 0 Å². The average molecular weight is 328 g/mol. The molecular formula is C11H13BrClFOS. The third kappa shape index (κ3) is 4.52. The van der Waals surface area contributed by atoms with Gasteiger partial charge in [0.15, 0.2) is 0 Å². The molecule has 1 aromatic rings. The van der Waals surface area contributed by atoms with E-state index in [4.69, 9.17) is 16.3 Å². The van der Waals surface area contributed by atoms with Gasteiger partial charge in [0.05, 0.1) is 16.1 Å². The Morgan fingerprint density at radius 3 is 2.75 bits per heavy atom. The van der Waals surface area contributed by atoms with Crippen LogP contribution in [0.25, 0.3) is 0 Å². The molecule has 0 radical (unpaired) electrons. The lowest BCUT2D eigenvalue weighted by atomic mass is 10.2. The second-order valence-electron chi connectivity index (χ2n) is 3.33. The summed E-state index contributed by atoms with van der Waals surface area (Å²) in [4.78, 5) is 0. The van der Waals surface area contributed by atoms with E-state index >= 15 is 0 Å². The van der Waals surface area contributed by atoms with E-state index in [1.807, 2.05) is 0 Å². The van der Waals surface area contributed by atoms with E-state index < -0.39 is 5.82 Å². The Kier molecular flexibility index (Phi) is 6.54. The van der Waals surface area contributed by atoms with E-state index in [-0.39, 0.29) is 5.02 Å². The van der Waals surface area contributed by atoms with Crippen molar-refractivity contribution in [3.05, 3.63) is 27.4 Å². The van der Waals surface area contributed by atoms with Crippen LogP contribution in [0.1, 0.15) is 19.3 Å². The maximum Gasteiger partial charge on any atom is 0.145 e. The van der Waals surface area contributed by atoms with Gasteiger partial charge in [-0.3, -0.25) is 0 Å². The average Bonchev–Trinajstić information content (AvgIpc) is 2.25. The molecule has 1 rings (SSSR count). The van der Waals surface area contributed by atoms with Gasteiger partial charge in [0.1, 0.15) is 11.6 Å². The largest absolute Gasteiger partial charge is 0.492 e. The predicted molar refractivity (Wildman–Crippen MR) is 72.3 cm³/mol. The molecule has 90 valence electrons. The van der Waals surface area contributed by atoms with Crippen LogP contribution in [-0.2, 0) is 0 Å². The highest BCUT2D eigenvalue weighted by molar-refractivity contribution is 9.10. The van der Waals surface area contributed by atoms with Crippen LogP contribution in [0.5, 0.6) is 5.75 Å². The van der Waals surface area contributed by atoms with Gasteiger partial charge in [-0.05, 0) is 47.0 Å². The van der Waals surface area contributed by atoms with Crippen molar-refractivity contribution in [1.29, 1.82) is 0 Å². The van der Waals surface area contributed by atoms with Crippen LogP contribution in [0.3, 0.4) is 0 Å². The van der Waals surface area contributed by atoms with Crippen LogP contribution < -0.4 is 4.74 Å². The molecule has 0 amide bonds. The molecule has 0 fully saturated rings. The van der Waals surface area contributed by atoms with Crippen LogP contribution in [0.4, 0.5) is 4.39 Å². The summed E-state index contributed by atoms with van der Waals surface area (Å²) >= 11 is 13.0. The van der Waals surface area contributed by atoms with E-state index in [1.54, 1.807) is 0 Å². The summed E-state index contributed by atoms with van der Waals surface area (Å²) in [6, 6.07) is 2.80. The van der Waals surface area contributed by atoms with Gasteiger partial charge < -0.3 is 4.74 Å². The molecule has 0 heterocycles. The molecule has 0 unspecified atom stereocenters. The fourth-order valence-electron chi connectivity index (χ4n) is 1.19. The van der Waals surface area contributed by atoms with Gasteiger partial charge in [-0.1, -0.05) is 11.6 Å². The third-order valence-electron chi connectivity index (χ3n) is 2.03. The van der Waals surface area contributed by atoms with Gasteiger partial charge >= 0.3 is 0 Å². The highest BCUT2D eigenvalue weighted by Crippen LogP contribution is 2.30. The molecule has 0 aliphatic carbocycles. The molecule has 0 spiro atoms. The Morgan fingerprint density at radius 2 is 2.06 bits per heavy atom. The SMILES string of the molecule is Fc1cc(OCCCCCS)c(Br)cc1Cl. The van der Waals surface area contributed by atoms with Crippen LogP contribution in [0.15, 0.2) is 16.6 Å². The van der Waals surface area contributed by atoms with Crippen molar-refractivity contribution in [1.82, 2.24) is 0 Å². The zero-order valence-electron chi connectivity index (χ0n) is 8.68. The fourth-order valence-corrected chi connectivity index (χ4v) is 2.16. The number of hydrogen-bond acceptors (Lipinski definition) is 2. The second-order valence-corrected chi connectivity index (χ2v) is 5.04. The first-order chi connectivity index (χ1) is 7.65. The minimum absolute atomic E-state index is 0.0919. The Balaban J connectivity index is 2.45. The maximum atomic E-state index is 13.1. The van der Waals surface area contributed by atoms with Gasteiger partial charge in [-0.25, -0.2) is 4.39 Å². The maximum absolute atomic E-state index is 13.1. The number of unbranched alkanes of at least 4 members (excludes halogenated alkanes) is 2. The Morgan fingerprint density at radius 1 is 1.31 bits per heavy atom. The molecule has 0 N–H and O–H groups in total. The molecule has 1 nitrogen and oxygen atoms in total. The Bertz CT molecular complexity index is 349. The highest BCUT2D eigenvalue weighted by atomic mass is 79.9. The summed E-state index contributed by atoms with van der Waals surface area (Å²) in [5.41, 5.74) is 0. The summed E-state index contributed by atoms with van der Waals surface area (Å²) in [6.45, 7) is 0.577. The number of halogens is 3. The Labute approximate surface area is 114 Å². The predicted octanol–water partition coefficient (Wildman–Crippen LogP) is 4.72. The van der Waals surface area contributed by atoms with E-state index in [1.165, 1.54) is 12.1 Å². The van der Waals surface area contributed by atoms with Crippen molar-refractivity contribution in [2.75, 3.05) is 12.4 Å². The van der Waals surface area contributed by atoms with Crippen LogP contribution in [-0.4, -0.2) is 12.4 Å². The molecule has 5 heteroatoms. The standard InChI is InChI=1S/C11H13BrClFOS/c12-8-6-9(13)10(14)7-11(8)15-4-2-1-3-5-16/h6-7,16H,1-5H2. The number of thiol groups is 1. The van der Waals surface area contributed by atoms with Gasteiger partial charge in [0.25, 0.3) is 0 Å². The summed E-state index contributed by atoms with van der Waals surface area (Å²) in [6.07, 6.45) is 3.08. The van der Waals surface area contributed by atoms with E-state index in [9.17, 15) is 4.39 Å². The minimum Gasteiger partial charge on any atom is -0.492 e. The fraction of sp³-hybridized carbons (Fsp3) is 0.455. The number of rotatable bonds is 6. The van der Waals surface area contributed by atoms with Crippen molar-refractivity contribution in [3.8, 4) is 5.75 Å². The molecule has 0 saturated heterocycles. The summed E-state index contributed by atoms with van der Waals surface area (Å²) in [7, 11) is 0. The van der Waals surface area contributed by atoms with E-state index in [0.29, 0.717) is 16.8 Å². The van der Waals surface area contributed by atoms with Gasteiger partial charge in [0, 0.05) is 6.07 Å². The lowest BCUT2D eigenvalue weighted by Gasteiger charge is -2.08. The molecule has 16 heavy (non-hydrogen) atoms. The zero-order chi connectivity index (χ0) is 12.0. The van der Waals surface area contributed by atoms with Gasteiger partial charge in [-0.15, -0.1) is 0 Å². The summed E-state index contributed by atoms with van der Waals surface area (Å²) in [5, 5.41) is 0.0919. The van der Waals surface area contributed by atoms with E-state index in [2.05, 4.69) is 28.6 Å². The molecular weight excluding hydrogens is 315 g/mol. The number of benzene rings is 1. The molecule has 0 atom stereocenters. The molecule has 0 saturated carbocycles. The first-order valence-electron chi connectivity index (χ1n) is 5.03. The Hall–Kier alpha value is 0.0700. The quantitative estimate of drug-likeness (QED) is 0.452. The summed E-state index contributed by atoms with van der Waals surface area (Å²) in [5.74, 6) is 0.919. The van der Waals surface area contributed by atoms with Crippen LogP contribution in [0.2, 0.25) is 5.02 Å². The third-order valence-corrected chi connectivity index (χ3v) is 3.26. The smallest absolute Gasteiger partial charge is 0.145 e. The van der Waals surface area contributed by atoms with Crippen molar-refractivity contribution >= 4 is 40.2 Å². The molecule has 0 aliphatic heterocycles. The van der Waals surface area contributed by atoms with Crippen molar-refractivity contribution in [2.45, 2.75) is 19.3 Å². The summed E-state index contributed by atoms with van der Waals surface area (Å²) < 4.78 is 19.3. The monoisotopic (exact) mass is 326 g/mol. The normalized spacial score (nSPS) is 10.5. The number of hydrogen-bond donors (Lipinski definition) is 1. The topological polar surface area (TPSA) is 9.23 Å². The molecule has 1 aromatic carbocycles. The first-order valence-corrected chi connectivity index (χ1v) is 6.83. The lowest BCUT2D eigenvalue weighted by molar-refractivity contribution is 0.303. The lowest BCUT2D eigenvalue weighted by Crippen LogP contribution is -1.98. The molecule has 0 aliphatic rings. The van der Waals surface area contributed by atoms with E-state index in [0.717, 1.165) is 25.0 Å². The second kappa shape index (κ2) is 7.41. The minimum atomic E-state index is -0.463. The molecule has 0 bridgehead atoms. The molecule has 0 aromatic heterocycles. The zero-order valence-corrected chi connectivity index (χ0v) is 11.9. The van der Waals surface area contributed by atoms with Crippen molar-refractivity contribution in [2.24, 2.45) is 0 Å². The van der Waals surface area contributed by atoms with Crippen molar-refractivity contribution in [3.63, 3.8) is 0 Å². The number of ether oxygens (including phenoxy) is 1.